The van der Waals surface area contributed by atoms with Crippen LogP contribution < -0.4 is 15.5 Å². The molecular formula is C23H22ClN5OS. The highest BCUT2D eigenvalue weighted by Gasteiger charge is 2.30. The molecule has 0 saturated heterocycles. The third kappa shape index (κ3) is 4.68. The lowest BCUT2D eigenvalue weighted by Crippen LogP contribution is -2.49. The molecule has 1 atom stereocenters. The Labute approximate surface area is 191 Å². The predicted molar refractivity (Wildman–Crippen MR) is 130 cm³/mol. The van der Waals surface area contributed by atoms with E-state index in [9.17, 15) is 4.79 Å². The van der Waals surface area contributed by atoms with Crippen LogP contribution in [0.3, 0.4) is 0 Å². The van der Waals surface area contributed by atoms with Crippen LogP contribution in [0.4, 0.5) is 5.69 Å². The molecule has 8 heteroatoms. The zero-order chi connectivity index (χ0) is 22.0. The summed E-state index contributed by atoms with van der Waals surface area (Å²) < 4.78 is 0. The molecule has 6 nitrogen and oxygen atoms in total. The number of fused-ring (bicyclic) bond motifs is 1. The Kier molecular flexibility index (Phi) is 6.15. The van der Waals surface area contributed by atoms with Gasteiger partial charge in [-0.15, -0.1) is 0 Å². The van der Waals surface area contributed by atoms with Crippen LogP contribution in [0.1, 0.15) is 30.9 Å². The minimum Gasteiger partial charge on any atom is -0.333 e. The maximum atomic E-state index is 13.2. The highest BCUT2D eigenvalue weighted by atomic mass is 35.5. The SMILES string of the molecule is CC1=NC(NC(=S)NC2N=C(c3ccccc3)c3cc(Cl)ccc3N(C)C2=O)=CCC1. The molecule has 0 spiro atoms. The molecule has 2 N–H and O–H groups in total. The van der Waals surface area contributed by atoms with E-state index in [0.717, 1.165) is 35.4 Å². The third-order valence-corrected chi connectivity index (χ3v) is 5.56. The van der Waals surface area contributed by atoms with Crippen molar-refractivity contribution in [3.63, 3.8) is 0 Å². The van der Waals surface area contributed by atoms with Gasteiger partial charge in [0.2, 0.25) is 6.17 Å². The van der Waals surface area contributed by atoms with Gasteiger partial charge in [-0.2, -0.15) is 0 Å². The number of nitrogens with one attached hydrogen (secondary N) is 2. The number of amides is 1. The van der Waals surface area contributed by atoms with Crippen LogP contribution in [-0.2, 0) is 4.79 Å². The lowest BCUT2D eigenvalue weighted by atomic mass is 10.0. The van der Waals surface area contributed by atoms with Gasteiger partial charge in [-0.25, -0.2) is 9.98 Å². The fourth-order valence-corrected chi connectivity index (χ4v) is 3.94. The molecule has 2 aliphatic heterocycles. The van der Waals surface area contributed by atoms with Crippen LogP contribution in [0, 0.1) is 0 Å². The first kappa shape index (κ1) is 21.2. The Morgan fingerprint density at radius 2 is 2.00 bits per heavy atom. The molecule has 0 aromatic heterocycles. The smallest absolute Gasteiger partial charge is 0.272 e. The number of anilines is 1. The minimum atomic E-state index is -0.902. The van der Waals surface area contributed by atoms with Gasteiger partial charge in [0.15, 0.2) is 5.11 Å². The van der Waals surface area contributed by atoms with Crippen molar-refractivity contribution in [2.45, 2.75) is 25.9 Å². The summed E-state index contributed by atoms with van der Waals surface area (Å²) in [4.78, 5) is 24.1. The molecule has 0 aliphatic carbocycles. The zero-order valence-electron chi connectivity index (χ0n) is 17.2. The maximum Gasteiger partial charge on any atom is 0.272 e. The maximum absolute atomic E-state index is 13.2. The average Bonchev–Trinajstić information content (AvgIpc) is 2.85. The molecule has 0 fully saturated rings. The van der Waals surface area contributed by atoms with Gasteiger partial charge in [0.05, 0.1) is 11.4 Å². The van der Waals surface area contributed by atoms with Gasteiger partial charge in [0, 0.05) is 28.9 Å². The Bertz CT molecular complexity index is 1130. The summed E-state index contributed by atoms with van der Waals surface area (Å²) in [7, 11) is 1.72. The van der Waals surface area contributed by atoms with E-state index >= 15 is 0 Å². The largest absolute Gasteiger partial charge is 0.333 e. The van der Waals surface area contributed by atoms with Gasteiger partial charge < -0.3 is 15.5 Å². The summed E-state index contributed by atoms with van der Waals surface area (Å²) in [6.45, 7) is 1.98. The number of rotatable bonds is 3. The molecule has 31 heavy (non-hydrogen) atoms. The molecule has 158 valence electrons. The van der Waals surface area contributed by atoms with E-state index in [0.29, 0.717) is 16.6 Å². The number of benzene rings is 2. The number of halogens is 1. The first-order valence-electron chi connectivity index (χ1n) is 9.95. The molecule has 1 amide bonds. The van der Waals surface area contributed by atoms with Gasteiger partial charge in [0.1, 0.15) is 5.82 Å². The van der Waals surface area contributed by atoms with Crippen molar-refractivity contribution in [2.24, 2.45) is 9.98 Å². The van der Waals surface area contributed by atoms with Gasteiger partial charge in [-0.05, 0) is 56.3 Å². The molecular weight excluding hydrogens is 430 g/mol. The monoisotopic (exact) mass is 451 g/mol. The second kappa shape index (κ2) is 8.99. The molecule has 0 bridgehead atoms. The van der Waals surface area contributed by atoms with Crippen molar-refractivity contribution in [2.75, 3.05) is 11.9 Å². The highest BCUT2D eigenvalue weighted by Crippen LogP contribution is 2.29. The van der Waals surface area contributed by atoms with Crippen molar-refractivity contribution in [3.05, 3.63) is 76.6 Å². The zero-order valence-corrected chi connectivity index (χ0v) is 18.8. The minimum absolute atomic E-state index is 0.226. The van der Waals surface area contributed by atoms with Gasteiger partial charge in [-0.3, -0.25) is 4.79 Å². The molecule has 4 rings (SSSR count). The van der Waals surface area contributed by atoms with E-state index in [2.05, 4.69) is 15.6 Å². The van der Waals surface area contributed by atoms with Crippen molar-refractivity contribution in [3.8, 4) is 0 Å². The van der Waals surface area contributed by atoms with E-state index < -0.39 is 6.17 Å². The number of hydrogen-bond donors (Lipinski definition) is 2. The van der Waals surface area contributed by atoms with E-state index in [4.69, 9.17) is 28.8 Å². The first-order valence-corrected chi connectivity index (χ1v) is 10.7. The number of benzodiazepines with no additional fused rings is 1. The number of carbonyl (C=O) groups is 1. The second-order valence-electron chi connectivity index (χ2n) is 7.38. The predicted octanol–water partition coefficient (Wildman–Crippen LogP) is 4.04. The summed E-state index contributed by atoms with van der Waals surface area (Å²) in [5.41, 5.74) is 4.11. The Balaban J connectivity index is 1.69. The van der Waals surface area contributed by atoms with E-state index in [1.54, 1.807) is 18.0 Å². The molecule has 2 aromatic rings. The van der Waals surface area contributed by atoms with E-state index in [1.165, 1.54) is 0 Å². The van der Waals surface area contributed by atoms with Crippen LogP contribution in [0.5, 0.6) is 0 Å². The summed E-state index contributed by atoms with van der Waals surface area (Å²) >= 11 is 11.7. The standard InChI is InChI=1S/C23H22ClN5OS/c1-14-7-6-10-19(25-14)26-23(31)28-21-22(30)29(2)18-12-11-16(24)13-17(18)20(27-21)15-8-4-3-5-9-15/h3-5,8-13,21H,6-7H2,1-2H3,(H2,26,28,31). The van der Waals surface area contributed by atoms with Crippen LogP contribution >= 0.6 is 23.8 Å². The van der Waals surface area contributed by atoms with Gasteiger partial charge >= 0.3 is 0 Å². The summed E-state index contributed by atoms with van der Waals surface area (Å²) in [6.07, 6.45) is 2.92. The molecule has 0 radical (unpaired) electrons. The number of carbonyl (C=O) groups excluding carboxylic acids is 1. The highest BCUT2D eigenvalue weighted by molar-refractivity contribution is 7.80. The van der Waals surface area contributed by atoms with Crippen LogP contribution in [-0.4, -0.2) is 35.7 Å². The van der Waals surface area contributed by atoms with E-state index in [-0.39, 0.29) is 11.0 Å². The number of hydrogen-bond acceptors (Lipinski definition) is 4. The molecule has 0 saturated carbocycles. The quantitative estimate of drug-likeness (QED) is 0.691. The fraction of sp³-hybridized carbons (Fsp3) is 0.217. The Morgan fingerprint density at radius 3 is 2.74 bits per heavy atom. The molecule has 2 aliphatic rings. The number of likely N-dealkylation sites (N-methyl/N-ethyl adjacent to an activating group) is 1. The fourth-order valence-electron chi connectivity index (χ4n) is 3.55. The Hall–Kier alpha value is -3.03. The average molecular weight is 452 g/mol. The normalized spacial score (nSPS) is 18.3. The van der Waals surface area contributed by atoms with Gasteiger partial charge in [-0.1, -0.05) is 41.9 Å². The summed E-state index contributed by atoms with van der Waals surface area (Å²) in [5.74, 6) is 0.453. The van der Waals surface area contributed by atoms with Crippen molar-refractivity contribution in [1.82, 2.24) is 10.6 Å². The van der Waals surface area contributed by atoms with Gasteiger partial charge in [0.25, 0.3) is 5.91 Å². The molecule has 1 unspecified atom stereocenters. The third-order valence-electron chi connectivity index (χ3n) is 5.11. The van der Waals surface area contributed by atoms with Crippen molar-refractivity contribution >= 4 is 51.9 Å². The van der Waals surface area contributed by atoms with Crippen LogP contribution in [0.2, 0.25) is 5.02 Å². The summed E-state index contributed by atoms with van der Waals surface area (Å²) in [6, 6.07) is 15.1. The number of allylic oxidation sites excluding steroid dienone is 1. The van der Waals surface area contributed by atoms with Crippen molar-refractivity contribution in [1.29, 1.82) is 0 Å². The number of thiocarbonyl (C=S) groups is 1. The number of aliphatic imine (C=N–C) groups is 2. The van der Waals surface area contributed by atoms with Crippen LogP contribution in [0.25, 0.3) is 0 Å². The molecule has 2 aromatic carbocycles. The lowest BCUT2D eigenvalue weighted by molar-refractivity contribution is -0.119. The Morgan fingerprint density at radius 1 is 1.23 bits per heavy atom. The molecule has 2 heterocycles. The number of nitrogens with zero attached hydrogens (tertiary/aromatic N) is 3. The summed E-state index contributed by atoms with van der Waals surface area (Å²) in [5, 5.41) is 6.98. The first-order chi connectivity index (χ1) is 14.9. The second-order valence-corrected chi connectivity index (χ2v) is 8.22. The van der Waals surface area contributed by atoms with E-state index in [1.807, 2.05) is 55.5 Å². The topological polar surface area (TPSA) is 69.1 Å². The van der Waals surface area contributed by atoms with Crippen LogP contribution in [0.15, 0.2) is 70.4 Å². The lowest BCUT2D eigenvalue weighted by Gasteiger charge is -2.22. The van der Waals surface area contributed by atoms with Crippen molar-refractivity contribution < 1.29 is 4.79 Å².